The SMILES string of the molecule is CC.C[I-]NC(C(C)=O)C(C)C. The Morgan fingerprint density at radius 1 is 1.33 bits per heavy atom. The van der Waals surface area contributed by atoms with E-state index in [0.29, 0.717) is 5.92 Å². The Hall–Kier alpha value is 0.360. The van der Waals surface area contributed by atoms with Gasteiger partial charge in [0.25, 0.3) is 0 Å². The first-order valence-electron chi connectivity index (χ1n) is 4.34. The Morgan fingerprint density at radius 3 is 1.83 bits per heavy atom. The van der Waals surface area contributed by atoms with Crippen molar-refractivity contribution in [1.82, 2.24) is 3.53 Å². The Balaban J connectivity index is 0. The Morgan fingerprint density at radius 2 is 1.75 bits per heavy atom. The first-order chi connectivity index (χ1) is 5.59. The number of alkyl halides is 1. The molecule has 1 N–H and O–H groups in total. The Kier molecular flexibility index (Phi) is 11.7. The van der Waals surface area contributed by atoms with Crippen molar-refractivity contribution in [1.29, 1.82) is 0 Å². The first kappa shape index (κ1) is 14.9. The van der Waals surface area contributed by atoms with Crippen molar-refractivity contribution in [3.05, 3.63) is 0 Å². The molecule has 0 aliphatic heterocycles. The number of hydrogen-bond donors (Lipinski definition) is 1. The van der Waals surface area contributed by atoms with E-state index in [9.17, 15) is 4.79 Å². The van der Waals surface area contributed by atoms with Gasteiger partial charge in [0.2, 0.25) is 0 Å². The van der Waals surface area contributed by atoms with E-state index in [-0.39, 0.29) is 33.3 Å². The molecule has 0 spiro atoms. The van der Waals surface area contributed by atoms with Gasteiger partial charge in [-0.3, -0.25) is 0 Å². The second kappa shape index (κ2) is 9.45. The molecule has 1 atom stereocenters. The molecule has 0 heterocycles. The van der Waals surface area contributed by atoms with E-state index in [1.165, 1.54) is 0 Å². The van der Waals surface area contributed by atoms with Gasteiger partial charge in [-0.2, -0.15) is 0 Å². The fourth-order valence-corrected chi connectivity index (χ4v) is 2.62. The summed E-state index contributed by atoms with van der Waals surface area (Å²) < 4.78 is 3.24. The average molecular weight is 286 g/mol. The molecule has 0 aliphatic rings. The van der Waals surface area contributed by atoms with Crippen molar-refractivity contribution in [3.63, 3.8) is 0 Å². The number of nitrogens with one attached hydrogen (secondary N) is 1. The molecule has 0 bridgehead atoms. The van der Waals surface area contributed by atoms with Crippen LogP contribution in [0.4, 0.5) is 0 Å². The molecule has 0 aromatic heterocycles. The third-order valence-corrected chi connectivity index (χ3v) is 2.63. The molecule has 0 saturated carbocycles. The molecule has 76 valence electrons. The van der Waals surface area contributed by atoms with Crippen LogP contribution in [0.5, 0.6) is 0 Å². The summed E-state index contributed by atoms with van der Waals surface area (Å²) in [6.07, 6.45) is 0. The van der Waals surface area contributed by atoms with E-state index in [1.807, 2.05) is 13.8 Å². The number of carbonyl (C=O) groups is 1. The van der Waals surface area contributed by atoms with Gasteiger partial charge in [0.1, 0.15) is 0 Å². The molecule has 2 nitrogen and oxygen atoms in total. The summed E-state index contributed by atoms with van der Waals surface area (Å²) in [5, 5.41) is 0. The molecule has 12 heavy (non-hydrogen) atoms. The van der Waals surface area contributed by atoms with Gasteiger partial charge in [0.15, 0.2) is 0 Å². The second-order valence-electron chi connectivity index (χ2n) is 2.63. The molecule has 0 aromatic rings. The van der Waals surface area contributed by atoms with E-state index in [0.717, 1.165) is 0 Å². The molecule has 0 saturated heterocycles. The zero-order valence-corrected chi connectivity index (χ0v) is 11.1. The Labute approximate surface area is 87.1 Å². The second-order valence-corrected chi connectivity index (χ2v) is 4.33. The van der Waals surface area contributed by atoms with E-state index in [2.05, 4.69) is 22.3 Å². The van der Waals surface area contributed by atoms with Crippen LogP contribution < -0.4 is 25.0 Å². The summed E-state index contributed by atoms with van der Waals surface area (Å²) in [7, 11) is 0. The summed E-state index contributed by atoms with van der Waals surface area (Å²) in [5.41, 5.74) is 0. The predicted molar refractivity (Wildman–Crippen MR) is 49.7 cm³/mol. The van der Waals surface area contributed by atoms with Crippen LogP contribution in [0, 0.1) is 5.92 Å². The van der Waals surface area contributed by atoms with Crippen LogP contribution in [-0.2, 0) is 4.79 Å². The number of halogens is 1. The van der Waals surface area contributed by atoms with Gasteiger partial charge in [-0.15, -0.1) is 0 Å². The van der Waals surface area contributed by atoms with Crippen molar-refractivity contribution in [2.24, 2.45) is 5.92 Å². The molecule has 0 aliphatic carbocycles. The third kappa shape index (κ3) is 7.03. The topological polar surface area (TPSA) is 29.1 Å². The quantitative estimate of drug-likeness (QED) is 0.402. The van der Waals surface area contributed by atoms with Crippen LogP contribution in [0.3, 0.4) is 0 Å². The van der Waals surface area contributed by atoms with Crippen LogP contribution in [0.25, 0.3) is 0 Å². The van der Waals surface area contributed by atoms with Crippen molar-refractivity contribution < 1.29 is 26.3 Å². The van der Waals surface area contributed by atoms with Gasteiger partial charge in [-0.1, -0.05) is 13.8 Å². The molecule has 1 unspecified atom stereocenters. The van der Waals surface area contributed by atoms with Gasteiger partial charge in [-0.25, -0.2) is 0 Å². The van der Waals surface area contributed by atoms with Crippen LogP contribution in [0.1, 0.15) is 34.6 Å². The first-order valence-corrected chi connectivity index (χ1v) is 7.57. The fourth-order valence-electron chi connectivity index (χ4n) is 0.790. The van der Waals surface area contributed by atoms with Crippen molar-refractivity contribution in [2.75, 3.05) is 4.93 Å². The standard InChI is InChI=1S/C7H15INO.C2H6/c1-5(2)7(6(3)10)9-8-4;1-2/h5,7,9H,1-4H3;1-2H3/q-1;. The maximum absolute atomic E-state index is 10.9. The van der Waals surface area contributed by atoms with E-state index in [1.54, 1.807) is 6.92 Å². The number of carbonyl (C=O) groups excluding carboxylic acids is 1. The molecule has 0 rings (SSSR count). The number of Topliss-reactive ketones (excluding diaryl/α,β-unsaturated/α-hetero) is 1. The van der Waals surface area contributed by atoms with E-state index < -0.39 is 0 Å². The molecule has 3 heteroatoms. The summed E-state index contributed by atoms with van der Waals surface area (Å²) in [4.78, 5) is 13.1. The fraction of sp³-hybridized carbons (Fsp3) is 0.889. The number of ketones is 1. The van der Waals surface area contributed by atoms with Crippen molar-refractivity contribution in [2.45, 2.75) is 40.7 Å². The molecule has 0 amide bonds. The van der Waals surface area contributed by atoms with Crippen LogP contribution >= 0.6 is 0 Å². The molecule has 0 radical (unpaired) electrons. The zero-order valence-electron chi connectivity index (χ0n) is 8.94. The van der Waals surface area contributed by atoms with Crippen LogP contribution in [0.2, 0.25) is 0 Å². The number of rotatable bonds is 4. The minimum atomic E-state index is 0.0292. The molecule has 0 fully saturated rings. The van der Waals surface area contributed by atoms with Crippen molar-refractivity contribution in [3.8, 4) is 0 Å². The van der Waals surface area contributed by atoms with Crippen molar-refractivity contribution >= 4 is 5.78 Å². The molecular weight excluding hydrogens is 265 g/mol. The summed E-state index contributed by atoms with van der Waals surface area (Å²) in [6.45, 7) is 9.79. The summed E-state index contributed by atoms with van der Waals surface area (Å²) in [5.74, 6) is 0.689. The zero-order chi connectivity index (χ0) is 10.1. The van der Waals surface area contributed by atoms with Crippen LogP contribution in [-0.4, -0.2) is 16.8 Å². The summed E-state index contributed by atoms with van der Waals surface area (Å²) >= 11 is 0.0292. The Bertz CT molecular complexity index is 115. The predicted octanol–water partition coefficient (Wildman–Crippen LogP) is -1.15. The third-order valence-electron chi connectivity index (χ3n) is 1.33. The maximum atomic E-state index is 10.9. The normalized spacial score (nSPS) is 12.2. The van der Waals surface area contributed by atoms with E-state index in [4.69, 9.17) is 0 Å². The van der Waals surface area contributed by atoms with Gasteiger partial charge < -0.3 is 0 Å². The van der Waals surface area contributed by atoms with Gasteiger partial charge >= 0.3 is 73.2 Å². The van der Waals surface area contributed by atoms with Gasteiger partial charge in [0.05, 0.1) is 0 Å². The summed E-state index contributed by atoms with van der Waals surface area (Å²) in [6, 6.07) is 0.0952. The van der Waals surface area contributed by atoms with Crippen LogP contribution in [0.15, 0.2) is 0 Å². The minimum absolute atomic E-state index is 0.0292. The molecule has 0 aromatic carbocycles. The monoisotopic (exact) mass is 286 g/mol. The van der Waals surface area contributed by atoms with Gasteiger partial charge in [0, 0.05) is 0 Å². The van der Waals surface area contributed by atoms with Gasteiger partial charge in [-0.05, 0) is 0 Å². The average Bonchev–Trinajstić information content (AvgIpc) is 2.03. The van der Waals surface area contributed by atoms with E-state index >= 15 is 0 Å². The number of hydrogen-bond acceptors (Lipinski definition) is 2. The molecular formula is C9H21INO-.